The molecule has 2 heterocycles. The van der Waals surface area contributed by atoms with Crippen molar-refractivity contribution >= 4 is 16.8 Å². The first-order valence-electron chi connectivity index (χ1n) is 8.90. The zero-order valence-electron chi connectivity index (χ0n) is 14.8. The Balaban J connectivity index is 1.77. The molecule has 0 atom stereocenters. The van der Waals surface area contributed by atoms with Crippen molar-refractivity contribution in [3.05, 3.63) is 102 Å². The number of carbonyl (C=O) groups is 1. The van der Waals surface area contributed by atoms with Crippen molar-refractivity contribution in [2.75, 3.05) is 0 Å². The van der Waals surface area contributed by atoms with Gasteiger partial charge in [-0.3, -0.25) is 4.79 Å². The molecule has 2 aromatic heterocycles. The number of benzene rings is 3. The van der Waals surface area contributed by atoms with Gasteiger partial charge in [0.25, 0.3) is 0 Å². The Morgan fingerprint density at radius 1 is 0.821 bits per heavy atom. The van der Waals surface area contributed by atoms with E-state index in [-0.39, 0.29) is 5.78 Å². The highest BCUT2D eigenvalue weighted by atomic mass is 16.3. The summed E-state index contributed by atoms with van der Waals surface area (Å²) in [6.45, 7) is 0. The van der Waals surface area contributed by atoms with Gasteiger partial charge >= 0.3 is 0 Å². The van der Waals surface area contributed by atoms with Crippen LogP contribution < -0.4 is 0 Å². The van der Waals surface area contributed by atoms with Crippen LogP contribution >= 0.6 is 0 Å². The zero-order valence-corrected chi connectivity index (χ0v) is 14.8. The average molecular weight is 365 g/mol. The second kappa shape index (κ2) is 6.63. The molecule has 5 rings (SSSR count). The summed E-state index contributed by atoms with van der Waals surface area (Å²) in [6.07, 6.45) is 1.50. The van der Waals surface area contributed by atoms with Crippen LogP contribution in [0, 0.1) is 0 Å². The number of hydrogen-bond donors (Lipinski definition) is 0. The number of hydrogen-bond acceptors (Lipinski definition) is 4. The van der Waals surface area contributed by atoms with Crippen molar-refractivity contribution in [2.45, 2.75) is 0 Å². The predicted octanol–water partition coefficient (Wildman–Crippen LogP) is 4.91. The molecular formula is C23H15N3O2. The number of ketones is 1. The first-order valence-corrected chi connectivity index (χ1v) is 8.90. The number of fused-ring (bicyclic) bond motifs is 1. The van der Waals surface area contributed by atoms with E-state index in [4.69, 9.17) is 4.42 Å². The van der Waals surface area contributed by atoms with Gasteiger partial charge in [0.2, 0.25) is 0 Å². The highest BCUT2D eigenvalue weighted by Crippen LogP contribution is 2.34. The quantitative estimate of drug-likeness (QED) is 0.425. The third-order valence-electron chi connectivity index (χ3n) is 4.65. The Morgan fingerprint density at radius 3 is 2.29 bits per heavy atom. The average Bonchev–Trinajstić information content (AvgIpc) is 3.38. The lowest BCUT2D eigenvalue weighted by atomic mass is 10.0. The monoisotopic (exact) mass is 365 g/mol. The molecule has 0 amide bonds. The van der Waals surface area contributed by atoms with Gasteiger partial charge in [0.15, 0.2) is 11.5 Å². The summed E-state index contributed by atoms with van der Waals surface area (Å²) in [6, 6.07) is 26.5. The van der Waals surface area contributed by atoms with Crippen molar-refractivity contribution in [1.82, 2.24) is 15.0 Å². The SMILES string of the molecule is O=C(c1ccccc1)c1coc(-c2ccccc2)c1-n1nnc2ccccc21. The molecule has 0 saturated heterocycles. The van der Waals surface area contributed by atoms with E-state index in [0.717, 1.165) is 16.6 Å². The Bertz CT molecular complexity index is 1270. The predicted molar refractivity (Wildman–Crippen MR) is 106 cm³/mol. The maximum Gasteiger partial charge on any atom is 0.198 e. The molecule has 0 aliphatic heterocycles. The molecule has 0 N–H and O–H groups in total. The van der Waals surface area contributed by atoms with Crippen LogP contribution in [0.5, 0.6) is 0 Å². The highest BCUT2D eigenvalue weighted by molar-refractivity contribution is 6.12. The van der Waals surface area contributed by atoms with E-state index in [1.54, 1.807) is 16.8 Å². The lowest BCUT2D eigenvalue weighted by molar-refractivity contribution is 0.103. The van der Waals surface area contributed by atoms with Crippen molar-refractivity contribution in [3.63, 3.8) is 0 Å². The minimum Gasteiger partial charge on any atom is -0.461 e. The Labute approximate surface area is 160 Å². The number of aromatic nitrogens is 3. The molecule has 0 bridgehead atoms. The van der Waals surface area contributed by atoms with Crippen LogP contribution in [-0.2, 0) is 0 Å². The van der Waals surface area contributed by atoms with Crippen molar-refractivity contribution in [1.29, 1.82) is 0 Å². The molecular weight excluding hydrogens is 350 g/mol. The van der Waals surface area contributed by atoms with Gasteiger partial charge in [-0.2, -0.15) is 0 Å². The largest absolute Gasteiger partial charge is 0.461 e. The molecule has 0 fully saturated rings. The van der Waals surface area contributed by atoms with Gasteiger partial charge in [-0.15, -0.1) is 5.10 Å². The van der Waals surface area contributed by atoms with E-state index in [9.17, 15) is 4.79 Å². The molecule has 134 valence electrons. The normalized spacial score (nSPS) is 11.0. The van der Waals surface area contributed by atoms with Gasteiger partial charge in [0.1, 0.15) is 17.5 Å². The minimum atomic E-state index is -0.124. The van der Waals surface area contributed by atoms with E-state index in [1.165, 1.54) is 6.26 Å². The van der Waals surface area contributed by atoms with E-state index in [0.29, 0.717) is 22.6 Å². The van der Waals surface area contributed by atoms with E-state index < -0.39 is 0 Å². The van der Waals surface area contributed by atoms with Gasteiger partial charge in [-0.1, -0.05) is 78.0 Å². The molecule has 5 nitrogen and oxygen atoms in total. The molecule has 5 aromatic rings. The molecule has 0 radical (unpaired) electrons. The summed E-state index contributed by atoms with van der Waals surface area (Å²) >= 11 is 0. The summed E-state index contributed by atoms with van der Waals surface area (Å²) in [5.74, 6) is 0.455. The van der Waals surface area contributed by atoms with Gasteiger partial charge in [-0.25, -0.2) is 4.68 Å². The maximum atomic E-state index is 13.2. The third-order valence-corrected chi connectivity index (χ3v) is 4.65. The standard InChI is InChI=1S/C23H15N3O2/c27-22(16-9-3-1-4-10-16)18-15-28-23(17-11-5-2-6-12-17)21(18)26-20-14-8-7-13-19(20)24-25-26/h1-15H. The smallest absolute Gasteiger partial charge is 0.198 e. The van der Waals surface area contributed by atoms with E-state index >= 15 is 0 Å². The van der Waals surface area contributed by atoms with Crippen LogP contribution in [0.2, 0.25) is 0 Å². The summed E-state index contributed by atoms with van der Waals surface area (Å²) in [5.41, 5.74) is 4.05. The fourth-order valence-electron chi connectivity index (χ4n) is 3.30. The first kappa shape index (κ1) is 16.2. The van der Waals surface area contributed by atoms with Crippen LogP contribution in [-0.4, -0.2) is 20.8 Å². The Kier molecular flexibility index (Phi) is 3.84. The van der Waals surface area contributed by atoms with E-state index in [2.05, 4.69) is 10.3 Å². The summed E-state index contributed by atoms with van der Waals surface area (Å²) < 4.78 is 7.57. The van der Waals surface area contributed by atoms with E-state index in [1.807, 2.05) is 72.8 Å². The number of carbonyl (C=O) groups excluding carboxylic acids is 1. The second-order valence-corrected chi connectivity index (χ2v) is 6.38. The number of furan rings is 1. The van der Waals surface area contributed by atoms with Crippen molar-refractivity contribution in [3.8, 4) is 17.0 Å². The van der Waals surface area contributed by atoms with Crippen LogP contribution in [0.15, 0.2) is 95.6 Å². The van der Waals surface area contributed by atoms with Crippen LogP contribution in [0.4, 0.5) is 0 Å². The number of rotatable bonds is 4. The molecule has 0 saturated carbocycles. The molecule has 0 aliphatic carbocycles. The van der Waals surface area contributed by atoms with Crippen molar-refractivity contribution in [2.24, 2.45) is 0 Å². The fraction of sp³-hybridized carbons (Fsp3) is 0. The molecule has 28 heavy (non-hydrogen) atoms. The summed E-state index contributed by atoms with van der Waals surface area (Å²) in [7, 11) is 0. The number of nitrogens with zero attached hydrogens (tertiary/aromatic N) is 3. The first-order chi connectivity index (χ1) is 13.8. The van der Waals surface area contributed by atoms with Gasteiger partial charge < -0.3 is 4.42 Å². The minimum absolute atomic E-state index is 0.124. The summed E-state index contributed by atoms with van der Waals surface area (Å²) in [5, 5.41) is 8.56. The molecule has 5 heteroatoms. The fourth-order valence-corrected chi connectivity index (χ4v) is 3.30. The molecule has 0 spiro atoms. The summed E-state index contributed by atoms with van der Waals surface area (Å²) in [4.78, 5) is 13.2. The third kappa shape index (κ3) is 2.61. The lowest BCUT2D eigenvalue weighted by Crippen LogP contribution is -2.07. The van der Waals surface area contributed by atoms with Crippen molar-refractivity contribution < 1.29 is 9.21 Å². The second-order valence-electron chi connectivity index (χ2n) is 6.38. The molecule has 3 aromatic carbocycles. The Hall–Kier alpha value is -3.99. The van der Waals surface area contributed by atoms with Crippen LogP contribution in [0.3, 0.4) is 0 Å². The van der Waals surface area contributed by atoms with Gasteiger partial charge in [-0.05, 0) is 12.1 Å². The highest BCUT2D eigenvalue weighted by Gasteiger charge is 2.25. The lowest BCUT2D eigenvalue weighted by Gasteiger charge is -2.07. The maximum absolute atomic E-state index is 13.2. The zero-order chi connectivity index (χ0) is 18.9. The Morgan fingerprint density at radius 2 is 1.50 bits per heavy atom. The molecule has 0 unspecified atom stereocenters. The molecule has 0 aliphatic rings. The van der Waals surface area contributed by atoms with Gasteiger partial charge in [0, 0.05) is 11.1 Å². The van der Waals surface area contributed by atoms with Gasteiger partial charge in [0.05, 0.1) is 11.1 Å². The van der Waals surface area contributed by atoms with Crippen LogP contribution in [0.25, 0.3) is 28.0 Å². The number of para-hydroxylation sites is 1. The topological polar surface area (TPSA) is 60.9 Å². The van der Waals surface area contributed by atoms with Crippen LogP contribution in [0.1, 0.15) is 15.9 Å².